The third-order valence-electron chi connectivity index (χ3n) is 6.40. The molecule has 0 saturated carbocycles. The largest absolute Gasteiger partial charge is 0.387 e. The van der Waals surface area contributed by atoms with Crippen molar-refractivity contribution in [3.8, 4) is 0 Å². The van der Waals surface area contributed by atoms with Gasteiger partial charge in [0.1, 0.15) is 8.54 Å². The molecule has 2 heterocycles. The number of halogens is 2. The first-order valence-corrected chi connectivity index (χ1v) is 14.5. The lowest BCUT2D eigenvalue weighted by molar-refractivity contribution is 0.105. The number of hydrogen-bond donors (Lipinski definition) is 2. The third-order valence-corrected chi connectivity index (χ3v) is 10.3. The Morgan fingerprint density at radius 1 is 1.28 bits per heavy atom. The Kier molecular flexibility index (Phi) is 7.02. The van der Waals surface area contributed by atoms with Crippen molar-refractivity contribution in [3.05, 3.63) is 51.1 Å². The second-order valence-electron chi connectivity index (χ2n) is 9.12. The van der Waals surface area contributed by atoms with Crippen molar-refractivity contribution in [1.29, 1.82) is 0 Å². The minimum Gasteiger partial charge on any atom is -0.387 e. The molecule has 32 heavy (non-hydrogen) atoms. The van der Waals surface area contributed by atoms with E-state index in [4.69, 9.17) is 17.3 Å². The van der Waals surface area contributed by atoms with Crippen LogP contribution in [0.2, 0.25) is 0 Å². The molecule has 1 aromatic carbocycles. The Bertz CT molecular complexity index is 1050. The molecule has 0 spiro atoms. The first-order valence-electron chi connectivity index (χ1n) is 10.5. The maximum atomic E-state index is 13.3. The summed E-state index contributed by atoms with van der Waals surface area (Å²) in [6, 6.07) is 6.16. The van der Waals surface area contributed by atoms with Crippen LogP contribution < -0.4 is 10.5 Å². The van der Waals surface area contributed by atoms with Gasteiger partial charge in [0.25, 0.3) is 10.0 Å². The molecule has 1 unspecified atom stereocenters. The summed E-state index contributed by atoms with van der Waals surface area (Å²) < 4.78 is 29.1. The fourth-order valence-corrected chi connectivity index (χ4v) is 8.24. The molecular formula is C21H29ClIN5O2S2. The summed E-state index contributed by atoms with van der Waals surface area (Å²) in [5, 5.41) is 1.44. The zero-order chi connectivity index (χ0) is 23.3. The molecule has 0 bridgehead atoms. The van der Waals surface area contributed by atoms with Gasteiger partial charge in [0.15, 0.2) is 5.03 Å². The van der Waals surface area contributed by atoms with Crippen LogP contribution in [0.1, 0.15) is 37.4 Å². The second kappa shape index (κ2) is 9.18. The van der Waals surface area contributed by atoms with Crippen molar-refractivity contribution in [2.75, 3.05) is 37.9 Å². The van der Waals surface area contributed by atoms with Gasteiger partial charge in [-0.2, -0.15) is 8.42 Å². The smallest absolute Gasteiger partial charge is 0.280 e. The fraction of sp³-hybridized carbons (Fsp3) is 0.524. The molecule has 11 heteroatoms. The molecule has 2 aliphatic heterocycles. The maximum Gasteiger partial charge on any atom is 0.280 e. The summed E-state index contributed by atoms with van der Waals surface area (Å²) in [5.41, 5.74) is 8.85. The van der Waals surface area contributed by atoms with Crippen LogP contribution in [-0.4, -0.2) is 59.7 Å². The molecule has 7 nitrogen and oxygen atoms in total. The summed E-state index contributed by atoms with van der Waals surface area (Å²) in [6.07, 6.45) is 2.70. The first-order chi connectivity index (χ1) is 15.0. The standard InChI is InChI=1S/C21H29ClIN5O2S2/c1-21(2)13-17(27-8-6-26(3)7-9-27)15-12-14(4-5-16(15)21)25-32(29,30)19(18(22)24)28-10-11-31-20(28)23/h4-5,10-12,17,20,25H,6-9,13,24H2,1-3H3/b19-18+/t17-,20?/m0/s1. The number of anilines is 1. The monoisotopic (exact) mass is 609 g/mol. The predicted molar refractivity (Wildman–Crippen MR) is 142 cm³/mol. The molecular weight excluding hydrogens is 581 g/mol. The number of alkyl halides is 1. The van der Waals surface area contributed by atoms with Crippen LogP contribution in [0.4, 0.5) is 5.69 Å². The maximum absolute atomic E-state index is 13.3. The van der Waals surface area contributed by atoms with Crippen LogP contribution in [-0.2, 0) is 15.4 Å². The summed E-state index contributed by atoms with van der Waals surface area (Å²) in [5.74, 6) is 0. The van der Waals surface area contributed by atoms with E-state index in [2.05, 4.69) is 64.1 Å². The highest BCUT2D eigenvalue weighted by Crippen LogP contribution is 2.48. The van der Waals surface area contributed by atoms with Gasteiger partial charge >= 0.3 is 0 Å². The third kappa shape index (κ3) is 4.76. The Balaban J connectivity index is 1.64. The van der Waals surface area contributed by atoms with E-state index in [1.807, 2.05) is 17.5 Å². The number of hydrogen-bond acceptors (Lipinski definition) is 7. The van der Waals surface area contributed by atoms with Crippen molar-refractivity contribution in [3.63, 3.8) is 0 Å². The van der Waals surface area contributed by atoms with E-state index >= 15 is 0 Å². The van der Waals surface area contributed by atoms with Gasteiger partial charge in [-0.05, 0) is 70.1 Å². The van der Waals surface area contributed by atoms with Crippen LogP contribution in [0.15, 0.2) is 40.0 Å². The van der Waals surface area contributed by atoms with Crippen molar-refractivity contribution in [1.82, 2.24) is 14.7 Å². The van der Waals surface area contributed by atoms with Crippen LogP contribution >= 0.6 is 46.0 Å². The van der Waals surface area contributed by atoms with E-state index in [1.165, 1.54) is 22.9 Å². The van der Waals surface area contributed by atoms with Gasteiger partial charge in [0.05, 0.1) is 0 Å². The molecule has 1 aliphatic carbocycles. The topological polar surface area (TPSA) is 81.9 Å². The SMILES string of the molecule is CN1CCN([C@H]2CC(C)(C)c3ccc(NS(=O)(=O)/C(=C(/N)Cl)N4C=CSC4I)cc32)CC1. The zero-order valence-corrected chi connectivity index (χ0v) is 22.9. The van der Waals surface area contributed by atoms with Crippen molar-refractivity contribution >= 4 is 61.7 Å². The van der Waals surface area contributed by atoms with Crippen LogP contribution in [0.3, 0.4) is 0 Å². The van der Waals surface area contributed by atoms with Gasteiger partial charge in [-0.15, -0.1) is 0 Å². The number of likely N-dealkylation sites (N-methyl/N-ethyl adjacent to an activating group) is 1. The van der Waals surface area contributed by atoms with Crippen LogP contribution in [0.5, 0.6) is 0 Å². The fourth-order valence-electron chi connectivity index (χ4n) is 4.73. The van der Waals surface area contributed by atoms with Gasteiger partial charge in [-0.1, -0.05) is 43.3 Å². The minimum atomic E-state index is -3.98. The average Bonchev–Trinajstić information content (AvgIpc) is 3.22. The number of thioether (sulfide) groups is 1. The summed E-state index contributed by atoms with van der Waals surface area (Å²) >= 11 is 9.68. The summed E-state index contributed by atoms with van der Waals surface area (Å²) in [7, 11) is -1.83. The number of rotatable bonds is 5. The lowest BCUT2D eigenvalue weighted by atomic mass is 9.86. The van der Waals surface area contributed by atoms with Gasteiger partial charge < -0.3 is 15.5 Å². The van der Waals surface area contributed by atoms with Gasteiger partial charge in [0, 0.05) is 44.1 Å². The van der Waals surface area contributed by atoms with Gasteiger partial charge in [-0.3, -0.25) is 9.62 Å². The van der Waals surface area contributed by atoms with E-state index in [9.17, 15) is 8.42 Å². The van der Waals surface area contributed by atoms with Crippen LogP contribution in [0, 0.1) is 0 Å². The van der Waals surface area contributed by atoms with E-state index in [-0.39, 0.29) is 25.0 Å². The quantitative estimate of drug-likeness (QED) is 0.297. The number of fused-ring (bicyclic) bond motifs is 1. The Morgan fingerprint density at radius 3 is 2.56 bits per heavy atom. The van der Waals surface area contributed by atoms with E-state index in [1.54, 1.807) is 11.1 Å². The van der Waals surface area contributed by atoms with Crippen molar-refractivity contribution in [2.24, 2.45) is 5.73 Å². The lowest BCUT2D eigenvalue weighted by Crippen LogP contribution is -2.45. The van der Waals surface area contributed by atoms with E-state index in [0.29, 0.717) is 5.69 Å². The van der Waals surface area contributed by atoms with Gasteiger partial charge in [-0.25, -0.2) is 0 Å². The van der Waals surface area contributed by atoms with Crippen LogP contribution in [0.25, 0.3) is 0 Å². The van der Waals surface area contributed by atoms with Gasteiger partial charge in [0.2, 0.25) is 0 Å². The highest BCUT2D eigenvalue weighted by atomic mass is 127. The highest BCUT2D eigenvalue weighted by Gasteiger charge is 2.40. The number of nitrogens with zero attached hydrogens (tertiary/aromatic N) is 3. The number of nitrogens with two attached hydrogens (primary N) is 1. The van der Waals surface area contributed by atoms with E-state index < -0.39 is 10.0 Å². The molecule has 0 amide bonds. The summed E-state index contributed by atoms with van der Waals surface area (Å²) in [4.78, 5) is 6.44. The van der Waals surface area contributed by atoms with Crippen molar-refractivity contribution < 1.29 is 8.42 Å². The molecule has 2 atom stereocenters. The number of piperazine rings is 1. The minimum absolute atomic E-state index is 0.0401. The molecule has 0 radical (unpaired) electrons. The molecule has 1 fully saturated rings. The normalized spacial score (nSPS) is 26.8. The Hall–Kier alpha value is -0.660. The molecule has 3 N–H and O–H groups in total. The summed E-state index contributed by atoms with van der Waals surface area (Å²) in [6.45, 7) is 8.63. The molecule has 0 aromatic heterocycles. The molecule has 3 aliphatic rings. The molecule has 4 rings (SSSR count). The Morgan fingerprint density at radius 2 is 1.97 bits per heavy atom. The first kappa shape index (κ1) is 24.5. The number of nitrogens with one attached hydrogen (secondary N) is 1. The average molecular weight is 610 g/mol. The molecule has 1 aromatic rings. The lowest BCUT2D eigenvalue weighted by Gasteiger charge is -2.37. The predicted octanol–water partition coefficient (Wildman–Crippen LogP) is 3.96. The Labute approximate surface area is 213 Å². The zero-order valence-electron chi connectivity index (χ0n) is 18.4. The second-order valence-corrected chi connectivity index (χ2v) is 14.1. The highest BCUT2D eigenvalue weighted by molar-refractivity contribution is 14.1. The molecule has 1 saturated heterocycles. The van der Waals surface area contributed by atoms with Crippen molar-refractivity contribution in [2.45, 2.75) is 35.1 Å². The number of benzene rings is 1. The number of sulfonamides is 1. The molecule has 176 valence electrons. The van der Waals surface area contributed by atoms with E-state index in [0.717, 1.165) is 32.6 Å².